The normalized spacial score (nSPS) is 21.8. The topological polar surface area (TPSA) is 6.48 Å². The van der Waals surface area contributed by atoms with Gasteiger partial charge < -0.3 is 5.01 Å². The number of anilines is 1. The van der Waals surface area contributed by atoms with Crippen molar-refractivity contribution in [3.63, 3.8) is 0 Å². The SMILES string of the molecule is CN1CC=C(C2CCCCC2)c2ccccc2N1C. The van der Waals surface area contributed by atoms with Crippen LogP contribution in [-0.2, 0) is 0 Å². The molecule has 0 bridgehead atoms. The lowest BCUT2D eigenvalue weighted by Crippen LogP contribution is -2.36. The predicted octanol–water partition coefficient (Wildman–Crippen LogP) is 3.95. The Hall–Kier alpha value is -1.28. The van der Waals surface area contributed by atoms with Crippen LogP contribution in [0.15, 0.2) is 30.3 Å². The number of likely N-dealkylation sites (N-methyl/N-ethyl adjacent to an activating group) is 1. The fourth-order valence-corrected chi connectivity index (χ4v) is 3.45. The van der Waals surface area contributed by atoms with Gasteiger partial charge in [-0.1, -0.05) is 43.5 Å². The van der Waals surface area contributed by atoms with Gasteiger partial charge in [-0.2, -0.15) is 0 Å². The lowest BCUT2D eigenvalue weighted by molar-refractivity contribution is 0.361. The molecular weight excluding hydrogens is 232 g/mol. The first-order chi connectivity index (χ1) is 9.27. The average molecular weight is 256 g/mol. The smallest absolute Gasteiger partial charge is 0.0593 e. The summed E-state index contributed by atoms with van der Waals surface area (Å²) in [5.74, 6) is 0.773. The van der Waals surface area contributed by atoms with E-state index < -0.39 is 0 Å². The minimum absolute atomic E-state index is 0.773. The standard InChI is InChI=1S/C17H24N2/c1-18-13-12-15(14-8-4-3-5-9-14)16-10-6-7-11-17(16)19(18)2/h6-7,10-12,14H,3-5,8-9,13H2,1-2H3. The summed E-state index contributed by atoms with van der Waals surface area (Å²) in [6.45, 7) is 1.01. The summed E-state index contributed by atoms with van der Waals surface area (Å²) in [7, 11) is 4.33. The molecule has 0 aromatic heterocycles. The zero-order valence-electron chi connectivity index (χ0n) is 12.1. The van der Waals surface area contributed by atoms with E-state index in [2.05, 4.69) is 54.5 Å². The van der Waals surface area contributed by atoms with Gasteiger partial charge in [0.05, 0.1) is 5.69 Å². The molecule has 1 heterocycles. The van der Waals surface area contributed by atoms with Crippen LogP contribution in [0.1, 0.15) is 37.7 Å². The number of benzene rings is 1. The van der Waals surface area contributed by atoms with Gasteiger partial charge in [-0.3, -0.25) is 0 Å². The van der Waals surface area contributed by atoms with Crippen LogP contribution in [0.5, 0.6) is 0 Å². The van der Waals surface area contributed by atoms with Crippen molar-refractivity contribution in [3.05, 3.63) is 35.9 Å². The summed E-state index contributed by atoms with van der Waals surface area (Å²) in [6.07, 6.45) is 9.41. The summed E-state index contributed by atoms with van der Waals surface area (Å²) >= 11 is 0. The molecule has 0 N–H and O–H groups in total. The van der Waals surface area contributed by atoms with Crippen LogP contribution in [0, 0.1) is 5.92 Å². The highest BCUT2D eigenvalue weighted by atomic mass is 15.6. The lowest BCUT2D eigenvalue weighted by Gasteiger charge is -2.29. The molecule has 3 rings (SSSR count). The molecule has 2 aliphatic rings. The molecule has 1 aromatic carbocycles. The van der Waals surface area contributed by atoms with Crippen LogP contribution >= 0.6 is 0 Å². The second kappa shape index (κ2) is 5.38. The average Bonchev–Trinajstić information content (AvgIpc) is 2.59. The van der Waals surface area contributed by atoms with Gasteiger partial charge in [-0.25, -0.2) is 5.01 Å². The Labute approximate surface area is 116 Å². The predicted molar refractivity (Wildman–Crippen MR) is 82.0 cm³/mol. The highest BCUT2D eigenvalue weighted by Gasteiger charge is 2.24. The number of para-hydroxylation sites is 1. The first-order valence-corrected chi connectivity index (χ1v) is 7.51. The van der Waals surface area contributed by atoms with Crippen molar-refractivity contribution in [2.45, 2.75) is 32.1 Å². The van der Waals surface area contributed by atoms with Crippen molar-refractivity contribution in [2.75, 3.05) is 25.6 Å². The summed E-state index contributed by atoms with van der Waals surface area (Å²) in [5, 5.41) is 4.57. The number of rotatable bonds is 1. The van der Waals surface area contributed by atoms with Gasteiger partial charge >= 0.3 is 0 Å². The van der Waals surface area contributed by atoms with Crippen LogP contribution in [0.25, 0.3) is 5.57 Å². The molecular formula is C17H24N2. The van der Waals surface area contributed by atoms with Gasteiger partial charge in [-0.15, -0.1) is 0 Å². The molecule has 1 aliphatic heterocycles. The van der Waals surface area contributed by atoms with E-state index in [0.717, 1.165) is 12.5 Å². The van der Waals surface area contributed by atoms with Crippen LogP contribution in [0.4, 0.5) is 5.69 Å². The fraction of sp³-hybridized carbons (Fsp3) is 0.529. The van der Waals surface area contributed by atoms with Crippen molar-refractivity contribution in [1.29, 1.82) is 0 Å². The summed E-state index contributed by atoms with van der Waals surface area (Å²) in [4.78, 5) is 0. The quantitative estimate of drug-likeness (QED) is 0.750. The van der Waals surface area contributed by atoms with Crippen molar-refractivity contribution >= 4 is 11.3 Å². The molecule has 0 spiro atoms. The van der Waals surface area contributed by atoms with Gasteiger partial charge in [0.15, 0.2) is 0 Å². The van der Waals surface area contributed by atoms with E-state index in [4.69, 9.17) is 0 Å². The zero-order valence-corrected chi connectivity index (χ0v) is 12.1. The van der Waals surface area contributed by atoms with Crippen LogP contribution in [0.2, 0.25) is 0 Å². The maximum absolute atomic E-state index is 2.46. The van der Waals surface area contributed by atoms with E-state index in [1.54, 1.807) is 5.57 Å². The number of hydrogen-bond donors (Lipinski definition) is 0. The van der Waals surface area contributed by atoms with Crippen LogP contribution in [-0.4, -0.2) is 25.6 Å². The van der Waals surface area contributed by atoms with Crippen molar-refractivity contribution < 1.29 is 0 Å². The third-order valence-electron chi connectivity index (χ3n) is 4.70. The third kappa shape index (κ3) is 2.42. The maximum atomic E-state index is 2.46. The molecule has 2 heteroatoms. The van der Waals surface area contributed by atoms with Crippen molar-refractivity contribution in [1.82, 2.24) is 5.01 Å². The van der Waals surface area contributed by atoms with Gasteiger partial charge in [0.2, 0.25) is 0 Å². The Balaban J connectivity index is 2.01. The minimum atomic E-state index is 0.773. The van der Waals surface area contributed by atoms with Gasteiger partial charge in [0.1, 0.15) is 0 Å². The van der Waals surface area contributed by atoms with E-state index in [0.29, 0.717) is 0 Å². The number of allylic oxidation sites excluding steroid dienone is 1. The van der Waals surface area contributed by atoms with Gasteiger partial charge in [0, 0.05) is 26.2 Å². The first kappa shape index (κ1) is 12.7. The molecule has 0 radical (unpaired) electrons. The molecule has 19 heavy (non-hydrogen) atoms. The van der Waals surface area contributed by atoms with Gasteiger partial charge in [0.25, 0.3) is 0 Å². The number of hydrazine groups is 1. The Bertz CT molecular complexity index is 472. The molecule has 1 aromatic rings. The zero-order chi connectivity index (χ0) is 13.2. The fourth-order valence-electron chi connectivity index (χ4n) is 3.45. The summed E-state index contributed by atoms with van der Waals surface area (Å²) < 4.78 is 0. The molecule has 0 saturated heterocycles. The molecule has 1 saturated carbocycles. The lowest BCUT2D eigenvalue weighted by atomic mass is 9.80. The molecule has 102 valence electrons. The Kier molecular flexibility index (Phi) is 3.61. The van der Waals surface area contributed by atoms with Crippen LogP contribution in [0.3, 0.4) is 0 Å². The number of nitrogens with zero attached hydrogens (tertiary/aromatic N) is 2. The molecule has 1 aliphatic carbocycles. The van der Waals surface area contributed by atoms with Gasteiger partial charge in [-0.05, 0) is 30.4 Å². The minimum Gasteiger partial charge on any atom is -0.308 e. The molecule has 2 nitrogen and oxygen atoms in total. The first-order valence-electron chi connectivity index (χ1n) is 7.51. The van der Waals surface area contributed by atoms with E-state index >= 15 is 0 Å². The Morgan fingerprint density at radius 1 is 1.00 bits per heavy atom. The third-order valence-corrected chi connectivity index (χ3v) is 4.70. The summed E-state index contributed by atoms with van der Waals surface area (Å²) in [5.41, 5.74) is 4.38. The Morgan fingerprint density at radius 2 is 1.74 bits per heavy atom. The highest BCUT2D eigenvalue weighted by Crippen LogP contribution is 2.40. The van der Waals surface area contributed by atoms with E-state index in [9.17, 15) is 0 Å². The monoisotopic (exact) mass is 256 g/mol. The van der Waals surface area contributed by atoms with Crippen LogP contribution < -0.4 is 5.01 Å². The molecule has 1 fully saturated rings. The van der Waals surface area contributed by atoms with E-state index in [1.807, 2.05) is 0 Å². The summed E-state index contributed by atoms with van der Waals surface area (Å²) in [6, 6.07) is 8.86. The maximum Gasteiger partial charge on any atom is 0.0593 e. The van der Waals surface area contributed by atoms with Crippen molar-refractivity contribution in [3.8, 4) is 0 Å². The number of fused-ring (bicyclic) bond motifs is 1. The highest BCUT2D eigenvalue weighted by molar-refractivity contribution is 5.78. The second-order valence-corrected chi connectivity index (χ2v) is 5.88. The van der Waals surface area contributed by atoms with E-state index in [-0.39, 0.29) is 0 Å². The second-order valence-electron chi connectivity index (χ2n) is 5.88. The van der Waals surface area contributed by atoms with E-state index in [1.165, 1.54) is 43.4 Å². The van der Waals surface area contributed by atoms with Crippen molar-refractivity contribution in [2.24, 2.45) is 5.92 Å². The molecule has 0 amide bonds. The Morgan fingerprint density at radius 3 is 2.53 bits per heavy atom. The molecule has 0 unspecified atom stereocenters. The number of hydrogen-bond acceptors (Lipinski definition) is 2. The largest absolute Gasteiger partial charge is 0.308 e. The molecule has 0 atom stereocenters.